The molecule has 0 spiro atoms. The second kappa shape index (κ2) is 6.65. The van der Waals surface area contributed by atoms with Crippen molar-refractivity contribution in [1.82, 2.24) is 24.5 Å². The molecule has 0 unspecified atom stereocenters. The molecule has 5 rings (SSSR count). The Balaban J connectivity index is 1.57. The molecule has 1 saturated heterocycles. The third-order valence-electron chi connectivity index (χ3n) is 5.08. The zero-order valence-corrected chi connectivity index (χ0v) is 15.4. The number of nitrogens with zero attached hydrogens (tertiary/aromatic N) is 4. The van der Waals surface area contributed by atoms with E-state index < -0.39 is 0 Å². The lowest BCUT2D eigenvalue weighted by Crippen LogP contribution is -2.40. The number of hydrogen-bond donors (Lipinski definition) is 1. The van der Waals surface area contributed by atoms with Crippen molar-refractivity contribution in [2.45, 2.75) is 0 Å². The molecule has 4 aromatic rings. The zero-order valence-electron chi connectivity index (χ0n) is 15.4. The van der Waals surface area contributed by atoms with E-state index in [-0.39, 0.29) is 5.91 Å². The van der Waals surface area contributed by atoms with Gasteiger partial charge < -0.3 is 19.4 Å². The fraction of sp³-hybridized carbons (Fsp3) is 0.250. The molecule has 8 nitrogen and oxygen atoms in total. The molecule has 142 valence electrons. The molecule has 1 aliphatic heterocycles. The van der Waals surface area contributed by atoms with E-state index >= 15 is 0 Å². The van der Waals surface area contributed by atoms with E-state index in [2.05, 4.69) is 15.1 Å². The molecule has 1 amide bonds. The van der Waals surface area contributed by atoms with Gasteiger partial charge in [-0.15, -0.1) is 0 Å². The molecule has 1 aliphatic rings. The predicted molar refractivity (Wildman–Crippen MR) is 104 cm³/mol. The molecule has 28 heavy (non-hydrogen) atoms. The summed E-state index contributed by atoms with van der Waals surface area (Å²) in [7, 11) is 1.60. The molecule has 0 atom stereocenters. The zero-order chi connectivity index (χ0) is 19.1. The van der Waals surface area contributed by atoms with Gasteiger partial charge in [-0.25, -0.2) is 4.52 Å². The van der Waals surface area contributed by atoms with E-state index in [0.29, 0.717) is 37.7 Å². The SMILES string of the molecule is COc1ccc2c(-c3ccn4ncc(C(=O)N5CCOCC5)c4c3)c[nH]c2n1. The summed E-state index contributed by atoms with van der Waals surface area (Å²) in [5.74, 6) is 0.548. The first kappa shape index (κ1) is 16.8. The third-order valence-corrected chi connectivity index (χ3v) is 5.08. The van der Waals surface area contributed by atoms with Crippen LogP contribution in [0.3, 0.4) is 0 Å². The summed E-state index contributed by atoms with van der Waals surface area (Å²) < 4.78 is 12.3. The number of rotatable bonds is 3. The molecule has 0 aromatic carbocycles. The van der Waals surface area contributed by atoms with Crippen LogP contribution in [-0.2, 0) is 4.74 Å². The molecule has 1 fully saturated rings. The van der Waals surface area contributed by atoms with Gasteiger partial charge in [0.15, 0.2) is 0 Å². The number of ether oxygens (including phenoxy) is 2. The van der Waals surface area contributed by atoms with Crippen LogP contribution in [0.2, 0.25) is 0 Å². The number of hydrogen-bond acceptors (Lipinski definition) is 5. The molecular weight excluding hydrogens is 358 g/mol. The van der Waals surface area contributed by atoms with Gasteiger partial charge in [-0.2, -0.15) is 10.1 Å². The standard InChI is InChI=1S/C20H19N5O3/c1-27-18-3-2-14-15(11-21-19(14)23-18)13-4-5-25-17(10-13)16(12-22-25)20(26)24-6-8-28-9-7-24/h2-5,10-12H,6-9H2,1H3,(H,21,23). The van der Waals surface area contributed by atoms with Crippen LogP contribution in [0.4, 0.5) is 0 Å². The second-order valence-corrected chi connectivity index (χ2v) is 6.66. The Labute approximate surface area is 160 Å². The highest BCUT2D eigenvalue weighted by Crippen LogP contribution is 2.30. The summed E-state index contributed by atoms with van der Waals surface area (Å²) in [6.45, 7) is 2.35. The molecule has 0 bridgehead atoms. The van der Waals surface area contributed by atoms with Crippen LogP contribution in [0, 0.1) is 0 Å². The average molecular weight is 377 g/mol. The van der Waals surface area contributed by atoms with Crippen molar-refractivity contribution in [2.75, 3.05) is 33.4 Å². The van der Waals surface area contributed by atoms with E-state index in [1.807, 2.05) is 41.6 Å². The number of fused-ring (bicyclic) bond motifs is 2. The van der Waals surface area contributed by atoms with Crippen LogP contribution >= 0.6 is 0 Å². The number of nitrogens with one attached hydrogen (secondary N) is 1. The van der Waals surface area contributed by atoms with Gasteiger partial charge in [-0.3, -0.25) is 4.79 Å². The van der Waals surface area contributed by atoms with Crippen LogP contribution < -0.4 is 4.74 Å². The number of carbonyl (C=O) groups excluding carboxylic acids is 1. The number of pyridine rings is 2. The van der Waals surface area contributed by atoms with E-state index in [9.17, 15) is 4.79 Å². The Hall–Kier alpha value is -3.39. The van der Waals surface area contributed by atoms with Gasteiger partial charge in [0.2, 0.25) is 5.88 Å². The summed E-state index contributed by atoms with van der Waals surface area (Å²) in [5, 5.41) is 5.33. The van der Waals surface area contributed by atoms with Crippen molar-refractivity contribution in [3.8, 4) is 17.0 Å². The number of methoxy groups -OCH3 is 1. The van der Waals surface area contributed by atoms with Crippen LogP contribution in [0.1, 0.15) is 10.4 Å². The molecule has 5 heterocycles. The van der Waals surface area contributed by atoms with Crippen LogP contribution in [0.15, 0.2) is 42.9 Å². The van der Waals surface area contributed by atoms with E-state index in [0.717, 1.165) is 27.7 Å². The monoisotopic (exact) mass is 377 g/mol. The number of morpholine rings is 1. The minimum atomic E-state index is -0.0132. The summed E-state index contributed by atoms with van der Waals surface area (Å²) >= 11 is 0. The number of H-pyrrole nitrogens is 1. The van der Waals surface area contributed by atoms with Crippen LogP contribution in [0.25, 0.3) is 27.7 Å². The van der Waals surface area contributed by atoms with E-state index in [1.54, 1.807) is 17.8 Å². The van der Waals surface area contributed by atoms with Gasteiger partial charge in [0.1, 0.15) is 5.65 Å². The number of carbonyl (C=O) groups is 1. The van der Waals surface area contributed by atoms with Crippen molar-refractivity contribution in [3.05, 3.63) is 48.4 Å². The number of aromatic amines is 1. The van der Waals surface area contributed by atoms with Crippen molar-refractivity contribution in [1.29, 1.82) is 0 Å². The largest absolute Gasteiger partial charge is 0.481 e. The van der Waals surface area contributed by atoms with Crippen molar-refractivity contribution >= 4 is 22.5 Å². The Morgan fingerprint density at radius 1 is 1.25 bits per heavy atom. The highest BCUT2D eigenvalue weighted by molar-refractivity contribution is 6.02. The molecule has 0 radical (unpaired) electrons. The van der Waals surface area contributed by atoms with Gasteiger partial charge in [0.25, 0.3) is 5.91 Å². The van der Waals surface area contributed by atoms with Gasteiger partial charge in [0, 0.05) is 42.5 Å². The summed E-state index contributed by atoms with van der Waals surface area (Å²) in [4.78, 5) is 22.4. The van der Waals surface area contributed by atoms with Gasteiger partial charge in [-0.1, -0.05) is 0 Å². The van der Waals surface area contributed by atoms with Gasteiger partial charge in [0.05, 0.1) is 37.6 Å². The highest BCUT2D eigenvalue weighted by Gasteiger charge is 2.22. The van der Waals surface area contributed by atoms with Gasteiger partial charge >= 0.3 is 0 Å². The maximum Gasteiger partial charge on any atom is 0.257 e. The molecule has 0 saturated carbocycles. The first-order chi connectivity index (χ1) is 13.7. The van der Waals surface area contributed by atoms with Gasteiger partial charge in [-0.05, 0) is 23.8 Å². The highest BCUT2D eigenvalue weighted by atomic mass is 16.5. The maximum atomic E-state index is 12.9. The molecule has 0 aliphatic carbocycles. The molecule has 4 aromatic heterocycles. The summed E-state index contributed by atoms with van der Waals surface area (Å²) in [6.07, 6.45) is 5.43. The lowest BCUT2D eigenvalue weighted by atomic mass is 10.1. The fourth-order valence-corrected chi connectivity index (χ4v) is 3.59. The lowest BCUT2D eigenvalue weighted by Gasteiger charge is -2.26. The lowest BCUT2D eigenvalue weighted by molar-refractivity contribution is 0.0304. The Morgan fingerprint density at radius 3 is 2.93 bits per heavy atom. The smallest absolute Gasteiger partial charge is 0.257 e. The Morgan fingerprint density at radius 2 is 2.11 bits per heavy atom. The quantitative estimate of drug-likeness (QED) is 0.592. The average Bonchev–Trinajstić information content (AvgIpc) is 3.37. The number of amides is 1. The summed E-state index contributed by atoms with van der Waals surface area (Å²) in [5.41, 5.74) is 4.14. The second-order valence-electron chi connectivity index (χ2n) is 6.66. The summed E-state index contributed by atoms with van der Waals surface area (Å²) in [6, 6.07) is 7.79. The van der Waals surface area contributed by atoms with Crippen molar-refractivity contribution in [2.24, 2.45) is 0 Å². The Kier molecular flexibility index (Phi) is 3.98. The number of aromatic nitrogens is 4. The predicted octanol–water partition coefficient (Wildman–Crippen LogP) is 2.36. The molecular formula is C20H19N5O3. The maximum absolute atomic E-state index is 12.9. The van der Waals surface area contributed by atoms with Crippen LogP contribution in [0.5, 0.6) is 5.88 Å². The normalized spacial score (nSPS) is 14.7. The third kappa shape index (κ3) is 2.69. The first-order valence-electron chi connectivity index (χ1n) is 9.11. The first-order valence-corrected chi connectivity index (χ1v) is 9.11. The van der Waals surface area contributed by atoms with Crippen molar-refractivity contribution in [3.63, 3.8) is 0 Å². The van der Waals surface area contributed by atoms with Crippen LogP contribution in [-0.4, -0.2) is 63.8 Å². The molecule has 1 N–H and O–H groups in total. The fourth-order valence-electron chi connectivity index (χ4n) is 3.59. The minimum Gasteiger partial charge on any atom is -0.481 e. The van der Waals surface area contributed by atoms with E-state index in [4.69, 9.17) is 9.47 Å². The minimum absolute atomic E-state index is 0.0132. The van der Waals surface area contributed by atoms with E-state index in [1.165, 1.54) is 0 Å². The van der Waals surface area contributed by atoms with Crippen molar-refractivity contribution < 1.29 is 14.3 Å². The topological polar surface area (TPSA) is 84.8 Å². The Bertz CT molecular complexity index is 1170. The molecule has 8 heteroatoms.